The van der Waals surface area contributed by atoms with E-state index in [0.29, 0.717) is 0 Å². The van der Waals surface area contributed by atoms with Gasteiger partial charge in [0, 0.05) is 26.4 Å². The van der Waals surface area contributed by atoms with Gasteiger partial charge in [-0.05, 0) is 25.7 Å². The number of nitrogens with one attached hydrogen (secondary N) is 4. The number of imide groups is 4. The molecule has 0 aromatic rings. The molecular formula is C16H24N4O10. The van der Waals surface area contributed by atoms with Crippen LogP contribution < -0.4 is 21.3 Å². The van der Waals surface area contributed by atoms with Gasteiger partial charge < -0.3 is 20.4 Å². The molecule has 0 aromatic heterocycles. The Hall–Kier alpha value is -2.94. The minimum absolute atomic E-state index is 0.126. The Morgan fingerprint density at radius 1 is 0.467 bits per heavy atom. The van der Waals surface area contributed by atoms with Crippen LogP contribution in [-0.2, 0) is 19.2 Å². The van der Waals surface area contributed by atoms with E-state index in [1.807, 2.05) is 21.3 Å². The Labute approximate surface area is 170 Å². The number of hydrogen-bond donors (Lipinski definition) is 8. The molecule has 0 spiro atoms. The van der Waals surface area contributed by atoms with Gasteiger partial charge >= 0.3 is 12.1 Å². The lowest BCUT2D eigenvalue weighted by molar-refractivity contribution is -0.148. The normalized spacial score (nSPS) is 19.7. The van der Waals surface area contributed by atoms with Crippen LogP contribution in [0, 0.1) is 10.8 Å². The van der Waals surface area contributed by atoms with Gasteiger partial charge in [0.15, 0.2) is 0 Å². The van der Waals surface area contributed by atoms with Crippen molar-refractivity contribution in [2.24, 2.45) is 10.8 Å². The molecule has 0 saturated carbocycles. The van der Waals surface area contributed by atoms with E-state index in [1.165, 1.54) is 0 Å². The lowest BCUT2D eigenvalue weighted by Gasteiger charge is -2.32. The highest BCUT2D eigenvalue weighted by Gasteiger charge is 2.50. The molecule has 30 heavy (non-hydrogen) atoms. The molecule has 2 rings (SSSR count). The number of barbiturate groups is 2. The zero-order valence-electron chi connectivity index (χ0n) is 15.9. The molecule has 2 aliphatic heterocycles. The number of hydrogen-bond acceptors (Lipinski definition) is 10. The molecule has 2 fully saturated rings. The number of rotatable bonds is 8. The van der Waals surface area contributed by atoms with Crippen molar-refractivity contribution in [2.75, 3.05) is 26.4 Å². The first kappa shape index (κ1) is 25.1. The number of urea groups is 2. The zero-order valence-corrected chi connectivity index (χ0v) is 15.9. The second-order valence-electron chi connectivity index (χ2n) is 6.53. The smallest absolute Gasteiger partial charge is 0.328 e. The Bertz CT molecular complexity index is 607. The lowest BCUT2D eigenvalue weighted by Crippen LogP contribution is -2.62. The maximum Gasteiger partial charge on any atom is 0.328 e. The molecule has 0 aliphatic carbocycles. The van der Waals surface area contributed by atoms with E-state index in [2.05, 4.69) is 0 Å². The first-order chi connectivity index (χ1) is 14.1. The van der Waals surface area contributed by atoms with Crippen molar-refractivity contribution in [1.82, 2.24) is 21.3 Å². The average molecular weight is 432 g/mol. The van der Waals surface area contributed by atoms with E-state index in [9.17, 15) is 28.8 Å². The molecule has 14 heteroatoms. The molecular weight excluding hydrogens is 408 g/mol. The largest absolute Gasteiger partial charge is 0.396 e. The summed E-state index contributed by atoms with van der Waals surface area (Å²) in [6, 6.07) is -1.76. The predicted octanol–water partition coefficient (Wildman–Crippen LogP) is -3.79. The van der Waals surface area contributed by atoms with Gasteiger partial charge in [-0.1, -0.05) is 0 Å². The second kappa shape index (κ2) is 10.7. The standard InChI is InChI=1S/2C8H12N2O5/c2*11-3-1-8(2-4-12)5(13)9-7(15)10-6(8)14/h2*11-12H,1-4H2,(H2,9,10,13,14,15). The third kappa shape index (κ3) is 5.15. The Morgan fingerprint density at radius 2 is 0.667 bits per heavy atom. The maximum atomic E-state index is 11.5. The minimum Gasteiger partial charge on any atom is -0.396 e. The van der Waals surface area contributed by atoms with Crippen molar-refractivity contribution >= 4 is 35.7 Å². The molecule has 2 saturated heterocycles. The number of amides is 8. The van der Waals surface area contributed by atoms with E-state index in [4.69, 9.17) is 20.4 Å². The summed E-state index contributed by atoms with van der Waals surface area (Å²) in [4.78, 5) is 67.6. The van der Waals surface area contributed by atoms with Gasteiger partial charge in [-0.25, -0.2) is 9.59 Å². The third-order valence-corrected chi connectivity index (χ3v) is 4.80. The quantitative estimate of drug-likeness (QED) is 0.174. The summed E-state index contributed by atoms with van der Waals surface area (Å²) >= 11 is 0. The van der Waals surface area contributed by atoms with Gasteiger partial charge in [-0.2, -0.15) is 0 Å². The SMILES string of the molecule is O=C1NC(=O)C(CCO)(CCO)C(=O)N1.O=C1NC(=O)C(CCO)(CCO)C(=O)N1. The number of aliphatic hydroxyl groups is 4. The molecule has 0 bridgehead atoms. The van der Waals surface area contributed by atoms with E-state index >= 15 is 0 Å². The minimum atomic E-state index is -1.54. The van der Waals surface area contributed by atoms with Crippen LogP contribution in [0.5, 0.6) is 0 Å². The summed E-state index contributed by atoms with van der Waals surface area (Å²) in [5, 5.41) is 42.9. The average Bonchev–Trinajstić information content (AvgIpc) is 2.65. The molecule has 0 aromatic carbocycles. The van der Waals surface area contributed by atoms with Gasteiger partial charge in [-0.3, -0.25) is 40.4 Å². The highest BCUT2D eigenvalue weighted by atomic mass is 16.3. The first-order valence-corrected chi connectivity index (χ1v) is 8.90. The number of aliphatic hydroxyl groups excluding tert-OH is 4. The van der Waals surface area contributed by atoms with Gasteiger partial charge in [0.05, 0.1) is 0 Å². The summed E-state index contributed by atoms with van der Waals surface area (Å²) in [6.07, 6.45) is -0.506. The van der Waals surface area contributed by atoms with Crippen molar-refractivity contribution in [2.45, 2.75) is 25.7 Å². The summed E-state index contributed by atoms with van der Waals surface area (Å²) in [5.74, 6) is -3.11. The van der Waals surface area contributed by atoms with Crippen LogP contribution >= 0.6 is 0 Å². The van der Waals surface area contributed by atoms with Crippen LogP contribution in [0.25, 0.3) is 0 Å². The van der Waals surface area contributed by atoms with Crippen molar-refractivity contribution < 1.29 is 49.2 Å². The molecule has 168 valence electrons. The molecule has 14 nitrogen and oxygen atoms in total. The summed E-state index contributed by atoms with van der Waals surface area (Å²) in [5.41, 5.74) is -3.09. The van der Waals surface area contributed by atoms with Crippen molar-refractivity contribution in [3.05, 3.63) is 0 Å². The third-order valence-electron chi connectivity index (χ3n) is 4.80. The van der Waals surface area contributed by atoms with Gasteiger partial charge in [0.25, 0.3) is 0 Å². The van der Waals surface area contributed by atoms with E-state index in [-0.39, 0.29) is 52.1 Å². The molecule has 0 unspecified atom stereocenters. The molecule has 0 radical (unpaired) electrons. The Kier molecular flexibility index (Phi) is 8.97. The molecule has 0 atom stereocenters. The topological polar surface area (TPSA) is 231 Å². The van der Waals surface area contributed by atoms with Crippen LogP contribution in [-0.4, -0.2) is 82.5 Å². The van der Waals surface area contributed by atoms with Crippen molar-refractivity contribution in [1.29, 1.82) is 0 Å². The maximum absolute atomic E-state index is 11.5. The fourth-order valence-electron chi connectivity index (χ4n) is 3.08. The van der Waals surface area contributed by atoms with Gasteiger partial charge in [-0.15, -0.1) is 0 Å². The molecule has 8 amide bonds. The first-order valence-electron chi connectivity index (χ1n) is 8.90. The fourth-order valence-corrected chi connectivity index (χ4v) is 3.08. The monoisotopic (exact) mass is 432 g/mol. The fraction of sp³-hybridized carbons (Fsp3) is 0.625. The van der Waals surface area contributed by atoms with Crippen LogP contribution in [0.15, 0.2) is 0 Å². The molecule has 2 heterocycles. The summed E-state index contributed by atoms with van der Waals surface area (Å²) in [7, 11) is 0. The summed E-state index contributed by atoms with van der Waals surface area (Å²) < 4.78 is 0. The lowest BCUT2D eigenvalue weighted by atomic mass is 9.78. The van der Waals surface area contributed by atoms with E-state index in [1.54, 1.807) is 0 Å². The van der Waals surface area contributed by atoms with Crippen LogP contribution in [0.4, 0.5) is 9.59 Å². The highest BCUT2D eigenvalue weighted by Crippen LogP contribution is 2.29. The number of carbonyl (C=O) groups is 6. The van der Waals surface area contributed by atoms with Crippen LogP contribution in [0.2, 0.25) is 0 Å². The molecule has 2 aliphatic rings. The number of carbonyl (C=O) groups excluding carboxylic acids is 6. The highest BCUT2D eigenvalue weighted by molar-refractivity contribution is 6.19. The van der Waals surface area contributed by atoms with Gasteiger partial charge in [0.1, 0.15) is 10.8 Å². The second-order valence-corrected chi connectivity index (χ2v) is 6.53. The Morgan fingerprint density at radius 3 is 0.833 bits per heavy atom. The summed E-state index contributed by atoms with van der Waals surface area (Å²) in [6.45, 7) is -1.52. The van der Waals surface area contributed by atoms with Crippen LogP contribution in [0.3, 0.4) is 0 Å². The van der Waals surface area contributed by atoms with E-state index in [0.717, 1.165) is 0 Å². The molecule has 8 N–H and O–H groups in total. The Balaban J connectivity index is 0.000000300. The van der Waals surface area contributed by atoms with Gasteiger partial charge in [0.2, 0.25) is 23.6 Å². The predicted molar refractivity (Wildman–Crippen MR) is 95.0 cm³/mol. The zero-order chi connectivity index (χ0) is 22.9. The van der Waals surface area contributed by atoms with Crippen molar-refractivity contribution in [3.8, 4) is 0 Å². The van der Waals surface area contributed by atoms with Crippen molar-refractivity contribution in [3.63, 3.8) is 0 Å². The van der Waals surface area contributed by atoms with Crippen LogP contribution in [0.1, 0.15) is 25.7 Å². The van der Waals surface area contributed by atoms with E-state index < -0.39 is 46.5 Å².